The van der Waals surface area contributed by atoms with Gasteiger partial charge in [-0.15, -0.1) is 11.8 Å². The second-order valence-corrected chi connectivity index (χ2v) is 8.76. The van der Waals surface area contributed by atoms with Gasteiger partial charge in [-0.25, -0.2) is 9.18 Å². The van der Waals surface area contributed by atoms with Crippen LogP contribution in [0.25, 0.3) is 0 Å². The summed E-state index contributed by atoms with van der Waals surface area (Å²) in [5.41, 5.74) is 2.44. The maximum absolute atomic E-state index is 13.4. The molecule has 166 valence electrons. The van der Waals surface area contributed by atoms with Crippen molar-refractivity contribution < 1.29 is 18.7 Å². The highest BCUT2D eigenvalue weighted by Crippen LogP contribution is 2.41. The summed E-state index contributed by atoms with van der Waals surface area (Å²) < 4.78 is 24.9. The van der Waals surface area contributed by atoms with Crippen molar-refractivity contribution in [2.24, 2.45) is 0 Å². The molecule has 3 aromatic carbocycles. The molecule has 0 saturated carbocycles. The Morgan fingerprint density at radius 1 is 1.16 bits per heavy atom. The maximum atomic E-state index is 13.4. The number of methoxy groups -OCH3 is 1. The lowest BCUT2D eigenvalue weighted by molar-refractivity contribution is 0.214. The molecule has 5 nitrogen and oxygen atoms in total. The highest BCUT2D eigenvalue weighted by Gasteiger charge is 2.31. The van der Waals surface area contributed by atoms with Crippen LogP contribution < -0.4 is 14.8 Å². The molecule has 1 unspecified atom stereocenters. The molecule has 1 aliphatic rings. The summed E-state index contributed by atoms with van der Waals surface area (Å²) in [5, 5.41) is 2.58. The molecule has 1 N–H and O–H groups in total. The van der Waals surface area contributed by atoms with E-state index in [1.54, 1.807) is 23.8 Å². The summed E-state index contributed by atoms with van der Waals surface area (Å²) in [6, 6.07) is 19.5. The predicted molar refractivity (Wildman–Crippen MR) is 126 cm³/mol. The molecule has 2 amide bonds. The lowest BCUT2D eigenvalue weighted by atomic mass is 10.1. The molecule has 1 fully saturated rings. The monoisotopic (exact) mass is 472 g/mol. The van der Waals surface area contributed by atoms with Crippen molar-refractivity contribution in [2.45, 2.75) is 12.0 Å². The molecule has 0 bridgehead atoms. The van der Waals surface area contributed by atoms with Gasteiger partial charge in [-0.05, 0) is 41.5 Å². The Balaban J connectivity index is 1.47. The van der Waals surface area contributed by atoms with Crippen molar-refractivity contribution in [3.05, 3.63) is 88.7 Å². The van der Waals surface area contributed by atoms with Gasteiger partial charge in [0.1, 0.15) is 17.8 Å². The van der Waals surface area contributed by atoms with Gasteiger partial charge in [0, 0.05) is 18.0 Å². The number of anilines is 1. The normalized spacial score (nSPS) is 15.5. The van der Waals surface area contributed by atoms with Gasteiger partial charge in [-0.1, -0.05) is 48.0 Å². The number of nitrogens with zero attached hydrogens (tertiary/aromatic N) is 1. The van der Waals surface area contributed by atoms with Crippen LogP contribution in [-0.4, -0.2) is 30.3 Å². The number of ether oxygens (including phenoxy) is 2. The number of hydrogen-bond acceptors (Lipinski definition) is 4. The second-order valence-electron chi connectivity index (χ2n) is 7.16. The average molecular weight is 473 g/mol. The smallest absolute Gasteiger partial charge is 0.323 e. The average Bonchev–Trinajstić information content (AvgIpc) is 3.31. The van der Waals surface area contributed by atoms with Crippen LogP contribution in [0.5, 0.6) is 11.5 Å². The first kappa shape index (κ1) is 22.3. The van der Waals surface area contributed by atoms with E-state index in [1.807, 2.05) is 48.5 Å². The molecule has 1 heterocycles. The van der Waals surface area contributed by atoms with Crippen molar-refractivity contribution >= 4 is 35.1 Å². The minimum absolute atomic E-state index is 0.0361. The molecule has 32 heavy (non-hydrogen) atoms. The van der Waals surface area contributed by atoms with Crippen LogP contribution in [0.3, 0.4) is 0 Å². The molecule has 0 aromatic heterocycles. The Hall–Kier alpha value is -2.90. The first-order chi connectivity index (χ1) is 15.5. The highest BCUT2D eigenvalue weighted by atomic mass is 35.5. The van der Waals surface area contributed by atoms with Crippen molar-refractivity contribution in [1.82, 2.24) is 4.90 Å². The number of nitrogens with one attached hydrogen (secondary N) is 1. The van der Waals surface area contributed by atoms with Gasteiger partial charge in [-0.2, -0.15) is 0 Å². The number of carbonyl (C=O) groups excluding carboxylic acids is 1. The van der Waals surface area contributed by atoms with E-state index >= 15 is 0 Å². The number of rotatable bonds is 6. The van der Waals surface area contributed by atoms with Gasteiger partial charge in [0.15, 0.2) is 11.5 Å². The van der Waals surface area contributed by atoms with E-state index < -0.39 is 5.82 Å². The maximum Gasteiger partial charge on any atom is 0.323 e. The fourth-order valence-electron chi connectivity index (χ4n) is 3.42. The Labute approximate surface area is 195 Å². The number of halogens is 2. The van der Waals surface area contributed by atoms with Gasteiger partial charge < -0.3 is 19.7 Å². The van der Waals surface area contributed by atoms with Crippen LogP contribution in [-0.2, 0) is 6.61 Å². The first-order valence-electron chi connectivity index (χ1n) is 10.0. The molecular weight excluding hydrogens is 451 g/mol. The third-order valence-corrected chi connectivity index (χ3v) is 6.58. The Morgan fingerprint density at radius 3 is 2.72 bits per heavy atom. The molecule has 1 atom stereocenters. The third kappa shape index (κ3) is 5.11. The number of amides is 2. The number of benzene rings is 3. The SMILES string of the molecule is COc1cc(C2SCCN2C(=O)Nc2ccc(F)c(Cl)c2)ccc1OCc1ccccc1. The zero-order valence-electron chi connectivity index (χ0n) is 17.4. The van der Waals surface area contributed by atoms with Crippen molar-refractivity contribution in [3.8, 4) is 11.5 Å². The van der Waals surface area contributed by atoms with Crippen molar-refractivity contribution in [1.29, 1.82) is 0 Å². The van der Waals surface area contributed by atoms with Gasteiger partial charge in [0.25, 0.3) is 0 Å². The lowest BCUT2D eigenvalue weighted by Gasteiger charge is -2.25. The second kappa shape index (κ2) is 10.1. The standard InChI is InChI=1S/C24H22ClFN2O3S/c1-30-22-13-17(7-10-21(22)31-15-16-5-3-2-4-6-16)23-28(11-12-32-23)24(29)27-18-8-9-20(26)19(25)14-18/h2-10,13-14,23H,11-12,15H2,1H3,(H,27,29). The minimum Gasteiger partial charge on any atom is -0.493 e. The van der Waals surface area contributed by atoms with E-state index in [0.29, 0.717) is 30.3 Å². The Kier molecular flexibility index (Phi) is 7.07. The van der Waals surface area contributed by atoms with E-state index in [1.165, 1.54) is 18.2 Å². The molecule has 3 aromatic rings. The summed E-state index contributed by atoms with van der Waals surface area (Å²) in [4.78, 5) is 14.6. The van der Waals surface area contributed by atoms with Crippen LogP contribution in [0.4, 0.5) is 14.9 Å². The highest BCUT2D eigenvalue weighted by molar-refractivity contribution is 7.99. The van der Waals surface area contributed by atoms with Gasteiger partial charge in [-0.3, -0.25) is 0 Å². The molecule has 0 aliphatic carbocycles. The zero-order chi connectivity index (χ0) is 22.5. The van der Waals surface area contributed by atoms with Crippen LogP contribution in [0.15, 0.2) is 66.7 Å². The minimum atomic E-state index is -0.527. The number of hydrogen-bond donors (Lipinski definition) is 1. The van der Waals surface area contributed by atoms with Crippen molar-refractivity contribution in [2.75, 3.05) is 24.7 Å². The fourth-order valence-corrected chi connectivity index (χ4v) is 4.84. The molecule has 8 heteroatoms. The molecule has 1 aliphatic heterocycles. The fraction of sp³-hybridized carbons (Fsp3) is 0.208. The summed E-state index contributed by atoms with van der Waals surface area (Å²) in [7, 11) is 1.60. The van der Waals surface area contributed by atoms with Gasteiger partial charge in [0.05, 0.1) is 12.1 Å². The summed E-state index contributed by atoms with van der Waals surface area (Å²) in [6.45, 7) is 1.02. The van der Waals surface area contributed by atoms with E-state index in [9.17, 15) is 9.18 Å². The Bertz CT molecular complexity index is 1100. The summed E-state index contributed by atoms with van der Waals surface area (Å²) in [6.07, 6.45) is 0. The summed E-state index contributed by atoms with van der Waals surface area (Å²) in [5.74, 6) is 1.52. The molecular formula is C24H22ClFN2O3S. The number of thioether (sulfide) groups is 1. The number of urea groups is 1. The molecule has 0 spiro atoms. The first-order valence-corrected chi connectivity index (χ1v) is 11.5. The van der Waals surface area contributed by atoms with Crippen LogP contribution in [0.1, 0.15) is 16.5 Å². The van der Waals surface area contributed by atoms with E-state index in [0.717, 1.165) is 16.9 Å². The van der Waals surface area contributed by atoms with Crippen LogP contribution in [0.2, 0.25) is 5.02 Å². The molecule has 0 radical (unpaired) electrons. The van der Waals surface area contributed by atoms with E-state index in [2.05, 4.69) is 5.32 Å². The van der Waals surface area contributed by atoms with Crippen molar-refractivity contribution in [3.63, 3.8) is 0 Å². The third-order valence-electron chi connectivity index (χ3n) is 5.03. The van der Waals surface area contributed by atoms with Crippen LogP contribution in [0, 0.1) is 5.82 Å². The van der Waals surface area contributed by atoms with Gasteiger partial charge in [0.2, 0.25) is 0 Å². The largest absolute Gasteiger partial charge is 0.493 e. The lowest BCUT2D eigenvalue weighted by Crippen LogP contribution is -2.34. The molecule has 4 rings (SSSR count). The Morgan fingerprint density at radius 2 is 1.97 bits per heavy atom. The quantitative estimate of drug-likeness (QED) is 0.454. The topological polar surface area (TPSA) is 50.8 Å². The predicted octanol–water partition coefficient (Wildman–Crippen LogP) is 6.35. The molecule has 1 saturated heterocycles. The van der Waals surface area contributed by atoms with Crippen LogP contribution >= 0.6 is 23.4 Å². The van der Waals surface area contributed by atoms with Gasteiger partial charge >= 0.3 is 6.03 Å². The van der Waals surface area contributed by atoms with E-state index in [-0.39, 0.29) is 16.4 Å². The summed E-state index contributed by atoms with van der Waals surface area (Å²) >= 11 is 7.49. The zero-order valence-corrected chi connectivity index (χ0v) is 19.0. The number of carbonyl (C=O) groups is 1. The van der Waals surface area contributed by atoms with E-state index in [4.69, 9.17) is 21.1 Å².